The maximum atomic E-state index is 13.2. The highest BCUT2D eigenvalue weighted by Crippen LogP contribution is 2.09. The molecule has 0 aliphatic rings. The zero-order chi connectivity index (χ0) is 11.3. The van der Waals surface area contributed by atoms with Gasteiger partial charge in [-0.25, -0.2) is 8.78 Å². The molecule has 1 aromatic carbocycles. The minimum atomic E-state index is -0.522. The van der Waals surface area contributed by atoms with Gasteiger partial charge in [0.05, 0.1) is 0 Å². The first-order valence-corrected chi connectivity index (χ1v) is 5.24. The van der Waals surface area contributed by atoms with Gasteiger partial charge in [0.15, 0.2) is 0 Å². The van der Waals surface area contributed by atoms with Crippen LogP contribution in [0, 0.1) is 17.6 Å². The van der Waals surface area contributed by atoms with Crippen LogP contribution in [0.3, 0.4) is 0 Å². The van der Waals surface area contributed by atoms with Crippen molar-refractivity contribution in [3.8, 4) is 0 Å². The lowest BCUT2D eigenvalue weighted by molar-refractivity contribution is 0.540. The normalized spacial score (nSPS) is 11.0. The summed E-state index contributed by atoms with van der Waals surface area (Å²) in [7, 11) is 0. The molecular weight excluding hydrogens is 196 g/mol. The number of hydrogen-bond donors (Lipinski definition) is 1. The van der Waals surface area contributed by atoms with Gasteiger partial charge in [0.1, 0.15) is 11.6 Å². The molecule has 84 valence electrons. The van der Waals surface area contributed by atoms with Crippen molar-refractivity contribution in [1.29, 1.82) is 0 Å². The number of nitrogens with one attached hydrogen (secondary N) is 1. The zero-order valence-electron chi connectivity index (χ0n) is 9.19. The Morgan fingerprint density at radius 1 is 1.27 bits per heavy atom. The Labute approximate surface area is 89.5 Å². The van der Waals surface area contributed by atoms with E-state index < -0.39 is 11.6 Å². The van der Waals surface area contributed by atoms with Crippen LogP contribution < -0.4 is 5.32 Å². The summed E-state index contributed by atoms with van der Waals surface area (Å²) in [6, 6.07) is 3.72. The molecule has 0 bridgehead atoms. The Bertz CT molecular complexity index is 310. The zero-order valence-corrected chi connectivity index (χ0v) is 9.19. The highest BCUT2D eigenvalue weighted by Gasteiger charge is 2.03. The summed E-state index contributed by atoms with van der Waals surface area (Å²) >= 11 is 0. The van der Waals surface area contributed by atoms with Crippen LogP contribution in [-0.2, 0) is 6.42 Å². The average molecular weight is 213 g/mol. The van der Waals surface area contributed by atoms with E-state index in [1.54, 1.807) is 0 Å². The molecule has 1 aromatic rings. The van der Waals surface area contributed by atoms with Crippen molar-refractivity contribution in [3.63, 3.8) is 0 Å². The van der Waals surface area contributed by atoms with E-state index in [1.807, 2.05) is 0 Å². The van der Waals surface area contributed by atoms with Crippen LogP contribution >= 0.6 is 0 Å². The van der Waals surface area contributed by atoms with Crippen LogP contribution in [0.1, 0.15) is 19.4 Å². The minimum absolute atomic E-state index is 0.457. The van der Waals surface area contributed by atoms with Gasteiger partial charge in [-0.3, -0.25) is 0 Å². The third-order valence-electron chi connectivity index (χ3n) is 2.14. The van der Waals surface area contributed by atoms with Gasteiger partial charge in [0, 0.05) is 6.07 Å². The van der Waals surface area contributed by atoms with Crippen LogP contribution in [0.15, 0.2) is 18.2 Å². The highest BCUT2D eigenvalue weighted by atomic mass is 19.1. The molecule has 0 aliphatic carbocycles. The van der Waals surface area contributed by atoms with Gasteiger partial charge < -0.3 is 5.32 Å². The fourth-order valence-electron chi connectivity index (χ4n) is 1.34. The van der Waals surface area contributed by atoms with E-state index in [0.717, 1.165) is 19.2 Å². The molecule has 0 saturated carbocycles. The summed E-state index contributed by atoms with van der Waals surface area (Å²) in [6.07, 6.45) is 0.596. The van der Waals surface area contributed by atoms with Gasteiger partial charge in [-0.05, 0) is 37.1 Å². The maximum absolute atomic E-state index is 13.2. The molecule has 0 heterocycles. The Kier molecular flexibility index (Phi) is 4.69. The lowest BCUT2D eigenvalue weighted by atomic mass is 10.1. The van der Waals surface area contributed by atoms with Crippen molar-refractivity contribution >= 4 is 0 Å². The molecule has 15 heavy (non-hydrogen) atoms. The third kappa shape index (κ3) is 4.38. The summed E-state index contributed by atoms with van der Waals surface area (Å²) in [5.41, 5.74) is 0.563. The van der Waals surface area contributed by atoms with Crippen LogP contribution in [0.2, 0.25) is 0 Å². The van der Waals surface area contributed by atoms with E-state index in [-0.39, 0.29) is 0 Å². The van der Waals surface area contributed by atoms with E-state index in [9.17, 15) is 8.78 Å². The molecule has 0 aliphatic heterocycles. The molecule has 3 heteroatoms. The minimum Gasteiger partial charge on any atom is -0.316 e. The quantitative estimate of drug-likeness (QED) is 0.742. The summed E-state index contributed by atoms with van der Waals surface area (Å²) in [5.74, 6) is -0.393. The summed E-state index contributed by atoms with van der Waals surface area (Å²) in [5, 5.41) is 3.21. The van der Waals surface area contributed by atoms with Crippen LogP contribution in [0.5, 0.6) is 0 Å². The Hall–Kier alpha value is -0.960. The molecule has 1 N–H and O–H groups in total. The van der Waals surface area contributed by atoms with E-state index in [0.29, 0.717) is 17.9 Å². The summed E-state index contributed by atoms with van der Waals surface area (Å²) in [4.78, 5) is 0. The van der Waals surface area contributed by atoms with Crippen LogP contribution in [0.25, 0.3) is 0 Å². The van der Waals surface area contributed by atoms with Crippen molar-refractivity contribution < 1.29 is 8.78 Å². The molecule has 0 amide bonds. The predicted octanol–water partition coefficient (Wildman–Crippen LogP) is 2.75. The summed E-state index contributed by atoms with van der Waals surface area (Å²) < 4.78 is 25.8. The standard InChI is InChI=1S/C12H17F2N/c1-9(2)8-15-6-5-10-3-4-11(13)7-12(10)14/h3-4,7,9,15H,5-6,8H2,1-2H3. The third-order valence-corrected chi connectivity index (χ3v) is 2.14. The Morgan fingerprint density at radius 3 is 2.60 bits per heavy atom. The smallest absolute Gasteiger partial charge is 0.129 e. The molecular formula is C12H17F2N. The van der Waals surface area contributed by atoms with Crippen molar-refractivity contribution in [2.75, 3.05) is 13.1 Å². The van der Waals surface area contributed by atoms with Crippen molar-refractivity contribution in [2.24, 2.45) is 5.92 Å². The van der Waals surface area contributed by atoms with Gasteiger partial charge >= 0.3 is 0 Å². The Morgan fingerprint density at radius 2 is 2.00 bits per heavy atom. The second-order valence-electron chi connectivity index (χ2n) is 4.08. The maximum Gasteiger partial charge on any atom is 0.129 e. The van der Waals surface area contributed by atoms with E-state index in [1.165, 1.54) is 12.1 Å². The van der Waals surface area contributed by atoms with Crippen molar-refractivity contribution in [1.82, 2.24) is 5.32 Å². The fourth-order valence-corrected chi connectivity index (χ4v) is 1.34. The molecule has 0 radical (unpaired) electrons. The lowest BCUT2D eigenvalue weighted by Gasteiger charge is -2.07. The number of rotatable bonds is 5. The first-order chi connectivity index (χ1) is 7.09. The number of halogens is 2. The van der Waals surface area contributed by atoms with E-state index >= 15 is 0 Å². The van der Waals surface area contributed by atoms with Crippen molar-refractivity contribution in [2.45, 2.75) is 20.3 Å². The number of hydrogen-bond acceptors (Lipinski definition) is 1. The monoisotopic (exact) mass is 213 g/mol. The van der Waals surface area contributed by atoms with Crippen molar-refractivity contribution in [3.05, 3.63) is 35.4 Å². The average Bonchev–Trinajstić information content (AvgIpc) is 2.14. The first-order valence-electron chi connectivity index (χ1n) is 5.24. The Balaban J connectivity index is 2.37. The predicted molar refractivity (Wildman–Crippen MR) is 57.8 cm³/mol. The molecule has 0 atom stereocenters. The lowest BCUT2D eigenvalue weighted by Crippen LogP contribution is -2.22. The molecule has 0 spiro atoms. The van der Waals surface area contributed by atoms with E-state index in [4.69, 9.17) is 0 Å². The van der Waals surface area contributed by atoms with Gasteiger partial charge in [-0.15, -0.1) is 0 Å². The first kappa shape index (κ1) is 12.1. The number of benzene rings is 1. The topological polar surface area (TPSA) is 12.0 Å². The molecule has 0 aromatic heterocycles. The largest absolute Gasteiger partial charge is 0.316 e. The molecule has 0 saturated heterocycles. The van der Waals surface area contributed by atoms with Crippen LogP contribution in [-0.4, -0.2) is 13.1 Å². The van der Waals surface area contributed by atoms with Crippen LogP contribution in [0.4, 0.5) is 8.78 Å². The molecule has 0 unspecified atom stereocenters. The second-order valence-corrected chi connectivity index (χ2v) is 4.08. The second kappa shape index (κ2) is 5.81. The summed E-state index contributed by atoms with van der Waals surface area (Å²) in [6.45, 7) is 5.88. The van der Waals surface area contributed by atoms with E-state index in [2.05, 4.69) is 19.2 Å². The van der Waals surface area contributed by atoms with Gasteiger partial charge in [0.2, 0.25) is 0 Å². The molecule has 1 rings (SSSR count). The fraction of sp³-hybridized carbons (Fsp3) is 0.500. The molecule has 1 nitrogen and oxygen atoms in total. The van der Waals surface area contributed by atoms with Gasteiger partial charge in [-0.2, -0.15) is 0 Å². The van der Waals surface area contributed by atoms with Gasteiger partial charge in [-0.1, -0.05) is 19.9 Å². The molecule has 0 fully saturated rings. The highest BCUT2D eigenvalue weighted by molar-refractivity contribution is 5.18. The van der Waals surface area contributed by atoms with Gasteiger partial charge in [0.25, 0.3) is 0 Å². The SMILES string of the molecule is CC(C)CNCCc1ccc(F)cc1F.